The molecule has 2 aromatic rings. The average molecular weight is 446 g/mol. The second-order valence-electron chi connectivity index (χ2n) is 8.36. The molecule has 0 fully saturated rings. The number of ether oxygens (including phenoxy) is 1. The number of aliphatic imine (C=N–C) groups is 1. The van der Waals surface area contributed by atoms with Crippen molar-refractivity contribution in [3.63, 3.8) is 0 Å². The topological polar surface area (TPSA) is 79.8 Å². The number of sulfone groups is 1. The van der Waals surface area contributed by atoms with E-state index in [2.05, 4.69) is 61.5 Å². The molecule has 7 heteroatoms. The van der Waals surface area contributed by atoms with E-state index < -0.39 is 9.84 Å². The van der Waals surface area contributed by atoms with Crippen molar-refractivity contribution >= 4 is 15.8 Å². The molecule has 0 saturated heterocycles. The number of nitrogens with zero attached hydrogens (tertiary/aromatic N) is 1. The zero-order valence-corrected chi connectivity index (χ0v) is 20.2. The van der Waals surface area contributed by atoms with Crippen molar-refractivity contribution in [3.8, 4) is 5.75 Å². The normalized spacial score (nSPS) is 13.2. The van der Waals surface area contributed by atoms with Crippen molar-refractivity contribution < 1.29 is 13.2 Å². The second-order valence-corrected chi connectivity index (χ2v) is 10.4. The summed E-state index contributed by atoms with van der Waals surface area (Å²) < 4.78 is 29.4. The largest absolute Gasteiger partial charge is 0.490 e. The summed E-state index contributed by atoms with van der Waals surface area (Å²) in [7, 11) is -1.46. The molecule has 6 nitrogen and oxygen atoms in total. The summed E-state index contributed by atoms with van der Waals surface area (Å²) >= 11 is 0. The lowest BCUT2D eigenvalue weighted by atomic mass is 10.1. The van der Waals surface area contributed by atoms with E-state index in [-0.39, 0.29) is 6.10 Å². The van der Waals surface area contributed by atoms with Crippen LogP contribution >= 0.6 is 0 Å². The van der Waals surface area contributed by atoms with E-state index in [4.69, 9.17) is 4.74 Å². The lowest BCUT2D eigenvalue weighted by Gasteiger charge is -2.20. The fourth-order valence-electron chi connectivity index (χ4n) is 3.29. The fraction of sp³-hybridized carbons (Fsp3) is 0.458. The minimum absolute atomic E-state index is 0.146. The predicted molar refractivity (Wildman–Crippen MR) is 127 cm³/mol. The SMILES string of the molecule is CN=C(NCc1ccc(S(C)(=O)=O)cc1)NCc1ccc(C)cc1OC(C)CC(C)C. The molecule has 0 aliphatic heterocycles. The van der Waals surface area contributed by atoms with Crippen LogP contribution in [-0.4, -0.2) is 33.8 Å². The van der Waals surface area contributed by atoms with Gasteiger partial charge in [-0.1, -0.05) is 38.1 Å². The molecule has 2 N–H and O–H groups in total. The Morgan fingerprint density at radius 1 is 1.03 bits per heavy atom. The van der Waals surface area contributed by atoms with Crippen LogP contribution in [0.3, 0.4) is 0 Å². The van der Waals surface area contributed by atoms with Gasteiger partial charge >= 0.3 is 0 Å². The molecule has 0 heterocycles. The lowest BCUT2D eigenvalue weighted by Crippen LogP contribution is -2.36. The number of hydrogen-bond donors (Lipinski definition) is 2. The molecule has 0 saturated carbocycles. The Labute approximate surface area is 187 Å². The predicted octanol–water partition coefficient (Wildman–Crippen LogP) is 4.08. The Kier molecular flexibility index (Phi) is 8.92. The third-order valence-electron chi connectivity index (χ3n) is 4.84. The molecule has 0 amide bonds. The van der Waals surface area contributed by atoms with Gasteiger partial charge in [0, 0.05) is 32.0 Å². The average Bonchev–Trinajstić information content (AvgIpc) is 2.68. The molecule has 170 valence electrons. The first-order valence-electron chi connectivity index (χ1n) is 10.6. The summed E-state index contributed by atoms with van der Waals surface area (Å²) in [5.41, 5.74) is 3.20. The van der Waals surface area contributed by atoms with Crippen LogP contribution in [0.2, 0.25) is 0 Å². The van der Waals surface area contributed by atoms with Crippen LogP contribution in [0.1, 0.15) is 43.9 Å². The van der Waals surface area contributed by atoms with Gasteiger partial charge in [-0.25, -0.2) is 8.42 Å². The van der Waals surface area contributed by atoms with Crippen LogP contribution in [0.25, 0.3) is 0 Å². The van der Waals surface area contributed by atoms with Gasteiger partial charge in [-0.3, -0.25) is 4.99 Å². The summed E-state index contributed by atoms with van der Waals surface area (Å²) in [4.78, 5) is 4.60. The second kappa shape index (κ2) is 11.2. The Morgan fingerprint density at radius 2 is 1.68 bits per heavy atom. The molecule has 0 radical (unpaired) electrons. The van der Waals surface area contributed by atoms with Crippen LogP contribution in [-0.2, 0) is 22.9 Å². The molecule has 0 spiro atoms. The van der Waals surface area contributed by atoms with Crippen LogP contribution in [0.4, 0.5) is 0 Å². The molecule has 1 unspecified atom stereocenters. The minimum Gasteiger partial charge on any atom is -0.490 e. The summed E-state index contributed by atoms with van der Waals surface area (Å²) in [6, 6.07) is 13.1. The fourth-order valence-corrected chi connectivity index (χ4v) is 3.92. The number of hydrogen-bond acceptors (Lipinski definition) is 4. The van der Waals surface area contributed by atoms with Gasteiger partial charge in [-0.05, 0) is 55.5 Å². The highest BCUT2D eigenvalue weighted by Crippen LogP contribution is 2.23. The van der Waals surface area contributed by atoms with Gasteiger partial charge in [0.15, 0.2) is 15.8 Å². The van der Waals surface area contributed by atoms with Crippen molar-refractivity contribution in [1.29, 1.82) is 0 Å². The Bertz CT molecular complexity index is 984. The van der Waals surface area contributed by atoms with Crippen LogP contribution in [0, 0.1) is 12.8 Å². The van der Waals surface area contributed by atoms with Crippen LogP contribution in [0.15, 0.2) is 52.4 Å². The zero-order chi connectivity index (χ0) is 23.0. The van der Waals surface area contributed by atoms with E-state index in [0.717, 1.165) is 28.9 Å². The van der Waals surface area contributed by atoms with E-state index in [1.165, 1.54) is 6.26 Å². The molecule has 31 heavy (non-hydrogen) atoms. The van der Waals surface area contributed by atoms with Crippen LogP contribution < -0.4 is 15.4 Å². The van der Waals surface area contributed by atoms with Gasteiger partial charge in [-0.2, -0.15) is 0 Å². The lowest BCUT2D eigenvalue weighted by molar-refractivity contribution is 0.191. The first-order chi connectivity index (χ1) is 14.6. The highest BCUT2D eigenvalue weighted by molar-refractivity contribution is 7.90. The Balaban J connectivity index is 1.98. The van der Waals surface area contributed by atoms with Crippen molar-refractivity contribution in [1.82, 2.24) is 10.6 Å². The molecule has 0 aliphatic rings. The van der Waals surface area contributed by atoms with E-state index in [1.54, 1.807) is 31.3 Å². The van der Waals surface area contributed by atoms with E-state index in [9.17, 15) is 8.42 Å². The maximum Gasteiger partial charge on any atom is 0.191 e. The summed E-state index contributed by atoms with van der Waals surface area (Å²) in [5, 5.41) is 6.59. The van der Waals surface area contributed by atoms with E-state index >= 15 is 0 Å². The third-order valence-corrected chi connectivity index (χ3v) is 5.96. The van der Waals surface area contributed by atoms with Crippen molar-refractivity contribution in [2.45, 2.75) is 58.2 Å². The number of guanidine groups is 1. The molecular weight excluding hydrogens is 410 g/mol. The molecule has 1 atom stereocenters. The first kappa shape index (κ1) is 24.7. The molecular formula is C24H35N3O3S. The highest BCUT2D eigenvalue weighted by Gasteiger charge is 2.11. The monoisotopic (exact) mass is 445 g/mol. The molecule has 0 aromatic heterocycles. The van der Waals surface area contributed by atoms with E-state index in [1.807, 2.05) is 0 Å². The number of nitrogens with one attached hydrogen (secondary N) is 2. The Hall–Kier alpha value is -2.54. The zero-order valence-electron chi connectivity index (χ0n) is 19.4. The van der Waals surface area contributed by atoms with Crippen molar-refractivity contribution in [2.24, 2.45) is 10.9 Å². The maximum absolute atomic E-state index is 11.6. The minimum atomic E-state index is -3.19. The van der Waals surface area contributed by atoms with Gasteiger partial charge in [0.25, 0.3) is 0 Å². The summed E-state index contributed by atoms with van der Waals surface area (Å²) in [5.74, 6) is 2.14. The van der Waals surface area contributed by atoms with Gasteiger partial charge < -0.3 is 15.4 Å². The van der Waals surface area contributed by atoms with Crippen LogP contribution in [0.5, 0.6) is 5.75 Å². The number of rotatable bonds is 9. The highest BCUT2D eigenvalue weighted by atomic mass is 32.2. The molecule has 0 aliphatic carbocycles. The number of benzene rings is 2. The van der Waals surface area contributed by atoms with E-state index in [0.29, 0.717) is 29.9 Å². The van der Waals surface area contributed by atoms with Crippen molar-refractivity contribution in [2.75, 3.05) is 13.3 Å². The maximum atomic E-state index is 11.6. The summed E-state index contributed by atoms with van der Waals surface area (Å²) in [6.07, 6.45) is 2.36. The third kappa shape index (κ3) is 8.25. The molecule has 2 aromatic carbocycles. The van der Waals surface area contributed by atoms with Gasteiger partial charge in [0.1, 0.15) is 5.75 Å². The van der Waals surface area contributed by atoms with Crippen molar-refractivity contribution in [3.05, 3.63) is 59.2 Å². The van der Waals surface area contributed by atoms with Gasteiger partial charge in [0.2, 0.25) is 0 Å². The molecule has 2 rings (SSSR count). The smallest absolute Gasteiger partial charge is 0.191 e. The van der Waals surface area contributed by atoms with Gasteiger partial charge in [-0.15, -0.1) is 0 Å². The molecule has 0 bridgehead atoms. The quantitative estimate of drug-likeness (QED) is 0.449. The summed E-state index contributed by atoms with van der Waals surface area (Å²) in [6.45, 7) is 9.68. The number of aryl methyl sites for hydroxylation is 1. The Morgan fingerprint density at radius 3 is 2.26 bits per heavy atom. The standard InChI is InChI=1S/C24H35N3O3S/c1-17(2)13-19(4)30-23-14-18(3)7-10-21(23)16-27-24(25-5)26-15-20-8-11-22(12-9-20)31(6,28)29/h7-12,14,17,19H,13,15-16H2,1-6H3,(H2,25,26,27). The first-order valence-corrected chi connectivity index (χ1v) is 12.5. The van der Waals surface area contributed by atoms with Gasteiger partial charge in [0.05, 0.1) is 11.0 Å².